The van der Waals surface area contributed by atoms with Gasteiger partial charge in [-0.3, -0.25) is 4.79 Å². The number of amides is 1. The van der Waals surface area contributed by atoms with Crippen LogP contribution in [0.5, 0.6) is 0 Å². The molecule has 3 rings (SSSR count). The van der Waals surface area contributed by atoms with Crippen LogP contribution in [0.3, 0.4) is 0 Å². The largest absolute Gasteiger partial charge is 0.361 e. The van der Waals surface area contributed by atoms with Crippen LogP contribution in [0.1, 0.15) is 49.9 Å². The van der Waals surface area contributed by atoms with Gasteiger partial charge >= 0.3 is 0 Å². The Bertz CT molecular complexity index is 646. The van der Waals surface area contributed by atoms with Crippen molar-refractivity contribution in [3.05, 3.63) is 36.0 Å². The fourth-order valence-electron chi connectivity index (χ4n) is 3.39. The van der Waals surface area contributed by atoms with E-state index in [-0.39, 0.29) is 5.91 Å². The first-order chi connectivity index (χ1) is 9.98. The third-order valence-corrected chi connectivity index (χ3v) is 4.99. The van der Waals surface area contributed by atoms with Gasteiger partial charge in [0.25, 0.3) is 5.91 Å². The van der Waals surface area contributed by atoms with Gasteiger partial charge in [-0.05, 0) is 43.2 Å². The summed E-state index contributed by atoms with van der Waals surface area (Å²) in [5, 5.41) is 1.10. The zero-order valence-corrected chi connectivity index (χ0v) is 13.1. The average Bonchev–Trinajstić information content (AvgIpc) is 2.94. The Hall–Kier alpha value is -1.77. The van der Waals surface area contributed by atoms with Crippen molar-refractivity contribution < 1.29 is 4.79 Å². The van der Waals surface area contributed by atoms with Crippen LogP contribution in [-0.2, 0) is 0 Å². The maximum atomic E-state index is 12.8. The van der Waals surface area contributed by atoms with Crippen molar-refractivity contribution in [2.24, 2.45) is 5.41 Å². The molecule has 1 aromatic carbocycles. The highest BCUT2D eigenvalue weighted by Gasteiger charge is 2.31. The van der Waals surface area contributed by atoms with Crippen LogP contribution in [0.15, 0.2) is 30.5 Å². The number of hydrogen-bond acceptors (Lipinski definition) is 1. The van der Waals surface area contributed by atoms with Gasteiger partial charge in [-0.1, -0.05) is 26.0 Å². The third kappa shape index (κ3) is 2.69. The van der Waals surface area contributed by atoms with E-state index in [4.69, 9.17) is 0 Å². The lowest BCUT2D eigenvalue weighted by atomic mass is 9.75. The second kappa shape index (κ2) is 5.21. The molecule has 112 valence electrons. The SMILES string of the molecule is CN(C(=O)c1cccc2cc[nH]c12)C1CCC(C)(C)CC1. The maximum absolute atomic E-state index is 12.8. The number of aromatic nitrogens is 1. The minimum atomic E-state index is 0.132. The van der Waals surface area contributed by atoms with Crippen LogP contribution >= 0.6 is 0 Å². The Balaban J connectivity index is 1.80. The zero-order valence-electron chi connectivity index (χ0n) is 13.1. The number of H-pyrrole nitrogens is 1. The molecule has 1 saturated carbocycles. The lowest BCUT2D eigenvalue weighted by Crippen LogP contribution is -2.40. The molecule has 1 amide bonds. The van der Waals surface area contributed by atoms with Crippen molar-refractivity contribution >= 4 is 16.8 Å². The highest BCUT2D eigenvalue weighted by atomic mass is 16.2. The molecule has 3 nitrogen and oxygen atoms in total. The van der Waals surface area contributed by atoms with Gasteiger partial charge in [0.1, 0.15) is 0 Å². The second-order valence-electron chi connectivity index (χ2n) is 7.06. The molecule has 1 aliphatic carbocycles. The molecule has 1 aliphatic rings. The number of aromatic amines is 1. The van der Waals surface area contributed by atoms with Gasteiger partial charge in [-0.2, -0.15) is 0 Å². The fourth-order valence-corrected chi connectivity index (χ4v) is 3.39. The van der Waals surface area contributed by atoms with Crippen molar-refractivity contribution in [2.75, 3.05) is 7.05 Å². The molecular weight excluding hydrogens is 260 g/mol. The summed E-state index contributed by atoms with van der Waals surface area (Å²) in [5.74, 6) is 0.132. The first kappa shape index (κ1) is 14.2. The molecule has 3 heteroatoms. The number of nitrogens with one attached hydrogen (secondary N) is 1. The fraction of sp³-hybridized carbons (Fsp3) is 0.500. The van der Waals surface area contributed by atoms with E-state index in [2.05, 4.69) is 18.8 Å². The number of rotatable bonds is 2. The maximum Gasteiger partial charge on any atom is 0.255 e. The molecule has 1 N–H and O–H groups in total. The number of carbonyl (C=O) groups excluding carboxylic acids is 1. The molecule has 0 saturated heterocycles. The number of carbonyl (C=O) groups is 1. The Morgan fingerprint density at radius 1 is 1.24 bits per heavy atom. The van der Waals surface area contributed by atoms with E-state index in [1.165, 1.54) is 12.8 Å². The summed E-state index contributed by atoms with van der Waals surface area (Å²) in [7, 11) is 1.95. The number of fused-ring (bicyclic) bond motifs is 1. The van der Waals surface area contributed by atoms with Gasteiger partial charge in [-0.15, -0.1) is 0 Å². The second-order valence-corrected chi connectivity index (χ2v) is 7.06. The predicted octanol–water partition coefficient (Wildman–Crippen LogP) is 4.21. The smallest absolute Gasteiger partial charge is 0.255 e. The minimum Gasteiger partial charge on any atom is -0.361 e. The molecule has 1 aromatic heterocycles. The van der Waals surface area contributed by atoms with E-state index in [0.29, 0.717) is 11.5 Å². The third-order valence-electron chi connectivity index (χ3n) is 4.99. The first-order valence-corrected chi connectivity index (χ1v) is 7.81. The van der Waals surface area contributed by atoms with Crippen molar-refractivity contribution in [3.8, 4) is 0 Å². The number of para-hydroxylation sites is 1. The molecule has 0 atom stereocenters. The number of hydrogen-bond donors (Lipinski definition) is 1. The molecule has 0 aliphatic heterocycles. The highest BCUT2D eigenvalue weighted by Crippen LogP contribution is 2.37. The normalized spacial score (nSPS) is 18.8. The Labute approximate surface area is 126 Å². The van der Waals surface area contributed by atoms with Crippen LogP contribution in [0.4, 0.5) is 0 Å². The van der Waals surface area contributed by atoms with E-state index >= 15 is 0 Å². The average molecular weight is 284 g/mol. The van der Waals surface area contributed by atoms with Crippen LogP contribution in [0.25, 0.3) is 10.9 Å². The Morgan fingerprint density at radius 3 is 2.67 bits per heavy atom. The molecule has 0 unspecified atom stereocenters. The summed E-state index contributed by atoms with van der Waals surface area (Å²) < 4.78 is 0. The lowest BCUT2D eigenvalue weighted by molar-refractivity contribution is 0.0637. The monoisotopic (exact) mass is 284 g/mol. The molecule has 0 spiro atoms. The van der Waals surface area contributed by atoms with Gasteiger partial charge in [0, 0.05) is 24.7 Å². The molecule has 1 fully saturated rings. The molecule has 0 radical (unpaired) electrons. The highest BCUT2D eigenvalue weighted by molar-refractivity contribution is 6.05. The Morgan fingerprint density at radius 2 is 1.95 bits per heavy atom. The van der Waals surface area contributed by atoms with Crippen molar-refractivity contribution in [3.63, 3.8) is 0 Å². The van der Waals surface area contributed by atoms with E-state index in [1.807, 2.05) is 42.4 Å². The molecule has 2 aromatic rings. The van der Waals surface area contributed by atoms with E-state index < -0.39 is 0 Å². The summed E-state index contributed by atoms with van der Waals surface area (Å²) in [4.78, 5) is 18.0. The molecule has 21 heavy (non-hydrogen) atoms. The van der Waals surface area contributed by atoms with E-state index in [0.717, 1.165) is 29.3 Å². The van der Waals surface area contributed by atoms with Gasteiger partial charge in [0.05, 0.1) is 11.1 Å². The summed E-state index contributed by atoms with van der Waals surface area (Å²) >= 11 is 0. The lowest BCUT2D eigenvalue weighted by Gasteiger charge is -2.38. The molecule has 1 heterocycles. The topological polar surface area (TPSA) is 36.1 Å². The number of benzene rings is 1. The minimum absolute atomic E-state index is 0.132. The summed E-state index contributed by atoms with van der Waals surface area (Å²) in [6, 6.07) is 8.29. The summed E-state index contributed by atoms with van der Waals surface area (Å²) in [6.07, 6.45) is 6.50. The van der Waals surface area contributed by atoms with Gasteiger partial charge in [0.15, 0.2) is 0 Å². The van der Waals surface area contributed by atoms with Gasteiger partial charge in [-0.25, -0.2) is 0 Å². The number of nitrogens with zero attached hydrogens (tertiary/aromatic N) is 1. The molecule has 0 bridgehead atoms. The van der Waals surface area contributed by atoms with Crippen LogP contribution in [-0.4, -0.2) is 28.9 Å². The van der Waals surface area contributed by atoms with Crippen molar-refractivity contribution in [1.82, 2.24) is 9.88 Å². The predicted molar refractivity (Wildman–Crippen MR) is 86.4 cm³/mol. The first-order valence-electron chi connectivity index (χ1n) is 7.81. The van der Waals surface area contributed by atoms with Gasteiger partial charge < -0.3 is 9.88 Å². The van der Waals surface area contributed by atoms with Crippen LogP contribution in [0, 0.1) is 5.41 Å². The van der Waals surface area contributed by atoms with E-state index in [9.17, 15) is 4.79 Å². The molecular formula is C18H24N2O. The van der Waals surface area contributed by atoms with Gasteiger partial charge in [0.2, 0.25) is 0 Å². The van der Waals surface area contributed by atoms with Crippen molar-refractivity contribution in [1.29, 1.82) is 0 Å². The Kier molecular flexibility index (Phi) is 3.52. The van der Waals surface area contributed by atoms with Crippen LogP contribution in [0.2, 0.25) is 0 Å². The summed E-state index contributed by atoms with van der Waals surface area (Å²) in [6.45, 7) is 4.65. The summed E-state index contributed by atoms with van der Waals surface area (Å²) in [5.41, 5.74) is 2.16. The van der Waals surface area contributed by atoms with Crippen molar-refractivity contribution in [2.45, 2.75) is 45.6 Å². The van der Waals surface area contributed by atoms with Crippen LogP contribution < -0.4 is 0 Å². The van der Waals surface area contributed by atoms with E-state index in [1.54, 1.807) is 0 Å². The quantitative estimate of drug-likeness (QED) is 0.881. The standard InChI is InChI=1S/C18H24N2O/c1-18(2)10-7-14(8-11-18)20(3)17(21)15-6-4-5-13-9-12-19-16(13)15/h4-6,9,12,14,19H,7-8,10-11H2,1-3H3. The zero-order chi connectivity index (χ0) is 15.0.